The van der Waals surface area contributed by atoms with E-state index in [9.17, 15) is 4.79 Å². The van der Waals surface area contributed by atoms with Gasteiger partial charge in [-0.1, -0.05) is 12.1 Å². The number of carbonyl (C=O) groups is 1. The largest absolute Gasteiger partial charge is 0.399 e. The molecule has 3 nitrogen and oxygen atoms in total. The molecule has 0 aliphatic rings. The second-order valence-corrected chi connectivity index (χ2v) is 5.11. The van der Waals surface area contributed by atoms with Gasteiger partial charge in [0.05, 0.1) is 0 Å². The van der Waals surface area contributed by atoms with E-state index in [2.05, 4.69) is 0 Å². The molecule has 4 heteroatoms. The van der Waals surface area contributed by atoms with Crippen LogP contribution in [0.4, 0.5) is 5.69 Å². The molecule has 1 amide bonds. The summed E-state index contributed by atoms with van der Waals surface area (Å²) >= 11 is 1.64. The first-order valence-corrected chi connectivity index (χ1v) is 6.89. The lowest BCUT2D eigenvalue weighted by molar-refractivity contribution is -0.125. The highest BCUT2D eigenvalue weighted by molar-refractivity contribution is 7.07. The van der Waals surface area contributed by atoms with E-state index in [1.165, 1.54) is 0 Å². The van der Waals surface area contributed by atoms with Gasteiger partial charge >= 0.3 is 0 Å². The first-order chi connectivity index (χ1) is 9.15. The van der Waals surface area contributed by atoms with E-state index < -0.39 is 0 Å². The van der Waals surface area contributed by atoms with E-state index in [-0.39, 0.29) is 5.91 Å². The summed E-state index contributed by atoms with van der Waals surface area (Å²) in [5.41, 5.74) is 8.46. The fraction of sp³-hybridized carbons (Fsp3) is 0.133. The van der Waals surface area contributed by atoms with Crippen LogP contribution in [0.1, 0.15) is 11.1 Å². The molecule has 0 aliphatic carbocycles. The molecule has 0 saturated heterocycles. The van der Waals surface area contributed by atoms with Crippen molar-refractivity contribution in [2.45, 2.75) is 6.54 Å². The summed E-state index contributed by atoms with van der Waals surface area (Å²) in [5.74, 6) is -0.0198. The number of benzene rings is 1. The van der Waals surface area contributed by atoms with E-state index >= 15 is 0 Å². The van der Waals surface area contributed by atoms with Gasteiger partial charge in [0.1, 0.15) is 0 Å². The van der Waals surface area contributed by atoms with Crippen LogP contribution in [0.3, 0.4) is 0 Å². The molecule has 2 N–H and O–H groups in total. The molecule has 1 heterocycles. The van der Waals surface area contributed by atoms with Gasteiger partial charge in [0.15, 0.2) is 0 Å². The summed E-state index contributed by atoms with van der Waals surface area (Å²) < 4.78 is 0. The molecular weight excluding hydrogens is 256 g/mol. The van der Waals surface area contributed by atoms with Crippen LogP contribution in [-0.2, 0) is 11.3 Å². The summed E-state index contributed by atoms with van der Waals surface area (Å²) in [5, 5.41) is 4.06. The van der Waals surface area contributed by atoms with Gasteiger partial charge < -0.3 is 10.6 Å². The molecule has 2 aromatic rings. The zero-order chi connectivity index (χ0) is 13.7. The van der Waals surface area contributed by atoms with Gasteiger partial charge in [-0.15, -0.1) is 0 Å². The summed E-state index contributed by atoms with van der Waals surface area (Å²) in [4.78, 5) is 13.6. The van der Waals surface area contributed by atoms with E-state index in [1.54, 1.807) is 35.4 Å². The summed E-state index contributed by atoms with van der Waals surface area (Å²) in [6.07, 6.45) is 3.35. The molecule has 0 radical (unpaired) electrons. The minimum atomic E-state index is -0.0198. The van der Waals surface area contributed by atoms with Gasteiger partial charge in [-0.3, -0.25) is 4.79 Å². The van der Waals surface area contributed by atoms with Crippen LogP contribution in [0.5, 0.6) is 0 Å². The Bertz CT molecular complexity index is 576. The van der Waals surface area contributed by atoms with Gasteiger partial charge in [-0.25, -0.2) is 0 Å². The first kappa shape index (κ1) is 13.4. The molecule has 19 heavy (non-hydrogen) atoms. The van der Waals surface area contributed by atoms with Crippen molar-refractivity contribution in [1.29, 1.82) is 0 Å². The third-order valence-corrected chi connectivity index (χ3v) is 3.44. The molecule has 0 bridgehead atoms. The Balaban J connectivity index is 1.96. The Kier molecular flexibility index (Phi) is 4.36. The smallest absolute Gasteiger partial charge is 0.246 e. The highest BCUT2D eigenvalue weighted by Crippen LogP contribution is 2.10. The first-order valence-electron chi connectivity index (χ1n) is 5.95. The fourth-order valence-corrected chi connectivity index (χ4v) is 2.35. The van der Waals surface area contributed by atoms with Crippen molar-refractivity contribution in [1.82, 2.24) is 4.90 Å². The Labute approximate surface area is 117 Å². The minimum Gasteiger partial charge on any atom is -0.399 e. The average molecular weight is 272 g/mol. The Morgan fingerprint density at radius 1 is 1.42 bits per heavy atom. The second-order valence-electron chi connectivity index (χ2n) is 4.33. The lowest BCUT2D eigenvalue weighted by Gasteiger charge is -2.13. The van der Waals surface area contributed by atoms with Crippen LogP contribution >= 0.6 is 11.3 Å². The predicted molar refractivity (Wildman–Crippen MR) is 80.7 cm³/mol. The average Bonchev–Trinajstić information content (AvgIpc) is 2.89. The van der Waals surface area contributed by atoms with E-state index in [0.29, 0.717) is 12.2 Å². The zero-order valence-electron chi connectivity index (χ0n) is 10.7. The number of thiophene rings is 1. The van der Waals surface area contributed by atoms with Gasteiger partial charge in [0.25, 0.3) is 0 Å². The topological polar surface area (TPSA) is 46.3 Å². The highest BCUT2D eigenvalue weighted by Gasteiger charge is 2.05. The van der Waals surface area contributed by atoms with Gasteiger partial charge in [0.2, 0.25) is 5.91 Å². The quantitative estimate of drug-likeness (QED) is 0.687. The van der Waals surface area contributed by atoms with Crippen LogP contribution in [0, 0.1) is 0 Å². The molecule has 0 saturated carbocycles. The van der Waals surface area contributed by atoms with Crippen molar-refractivity contribution >= 4 is 29.0 Å². The van der Waals surface area contributed by atoms with Crippen LogP contribution < -0.4 is 5.73 Å². The highest BCUT2D eigenvalue weighted by atomic mass is 32.1. The number of nitrogen functional groups attached to an aromatic ring is 1. The summed E-state index contributed by atoms with van der Waals surface area (Å²) in [6, 6.07) is 9.47. The standard InChI is InChI=1S/C15H16N2OS/c1-17(10-13-7-8-19-11-13)15(18)6-5-12-3-2-4-14(16)9-12/h2-9,11H,10,16H2,1H3/b6-5+. The number of likely N-dealkylation sites (N-methyl/N-ethyl adjacent to an activating group) is 1. The van der Waals surface area contributed by atoms with Crippen molar-refractivity contribution in [3.8, 4) is 0 Å². The number of anilines is 1. The molecule has 0 aliphatic heterocycles. The molecule has 1 aromatic heterocycles. The molecular formula is C15H16N2OS. The van der Waals surface area contributed by atoms with Gasteiger partial charge in [0, 0.05) is 25.4 Å². The van der Waals surface area contributed by atoms with Crippen molar-refractivity contribution in [3.05, 3.63) is 58.3 Å². The SMILES string of the molecule is CN(Cc1ccsc1)C(=O)/C=C/c1cccc(N)c1. The van der Waals surface area contributed by atoms with Crippen molar-refractivity contribution in [3.63, 3.8) is 0 Å². The van der Waals surface area contributed by atoms with Gasteiger partial charge in [-0.2, -0.15) is 11.3 Å². The number of hydrogen-bond acceptors (Lipinski definition) is 3. The normalized spacial score (nSPS) is 10.8. The maximum atomic E-state index is 11.9. The second kappa shape index (κ2) is 6.20. The van der Waals surface area contributed by atoms with Crippen LogP contribution in [0.25, 0.3) is 6.08 Å². The summed E-state index contributed by atoms with van der Waals surface area (Å²) in [6.45, 7) is 0.629. The number of carbonyl (C=O) groups excluding carboxylic acids is 1. The molecule has 0 fully saturated rings. The molecule has 98 valence electrons. The molecule has 2 rings (SSSR count). The molecule has 0 unspecified atom stereocenters. The van der Waals surface area contributed by atoms with Crippen LogP contribution in [0.15, 0.2) is 47.2 Å². The Hall–Kier alpha value is -2.07. The van der Waals surface area contributed by atoms with Gasteiger partial charge in [-0.05, 0) is 46.2 Å². The Morgan fingerprint density at radius 3 is 2.95 bits per heavy atom. The number of nitrogens with zero attached hydrogens (tertiary/aromatic N) is 1. The maximum absolute atomic E-state index is 11.9. The lowest BCUT2D eigenvalue weighted by atomic mass is 10.2. The lowest BCUT2D eigenvalue weighted by Crippen LogP contribution is -2.23. The van der Waals surface area contributed by atoms with E-state index in [1.807, 2.05) is 41.1 Å². The number of rotatable bonds is 4. The van der Waals surface area contributed by atoms with Crippen molar-refractivity contribution < 1.29 is 4.79 Å². The third-order valence-electron chi connectivity index (χ3n) is 2.71. The number of nitrogens with two attached hydrogens (primary N) is 1. The van der Waals surface area contributed by atoms with Crippen molar-refractivity contribution in [2.24, 2.45) is 0 Å². The predicted octanol–water partition coefficient (Wildman–Crippen LogP) is 3.00. The fourth-order valence-electron chi connectivity index (χ4n) is 1.69. The number of hydrogen-bond donors (Lipinski definition) is 1. The molecule has 0 spiro atoms. The van der Waals surface area contributed by atoms with Crippen molar-refractivity contribution in [2.75, 3.05) is 12.8 Å². The maximum Gasteiger partial charge on any atom is 0.246 e. The van der Waals surface area contributed by atoms with Crippen LogP contribution in [-0.4, -0.2) is 17.9 Å². The Morgan fingerprint density at radius 2 is 2.26 bits per heavy atom. The van der Waals surface area contributed by atoms with E-state index in [4.69, 9.17) is 5.73 Å². The van der Waals surface area contributed by atoms with Crippen LogP contribution in [0.2, 0.25) is 0 Å². The number of amides is 1. The molecule has 0 atom stereocenters. The third kappa shape index (κ3) is 3.96. The summed E-state index contributed by atoms with van der Waals surface area (Å²) in [7, 11) is 1.80. The minimum absolute atomic E-state index is 0.0198. The molecule has 1 aromatic carbocycles. The monoisotopic (exact) mass is 272 g/mol. The van der Waals surface area contributed by atoms with E-state index in [0.717, 1.165) is 11.1 Å². The zero-order valence-corrected chi connectivity index (χ0v) is 11.6.